The van der Waals surface area contributed by atoms with E-state index in [1.54, 1.807) is 30.2 Å². The fourth-order valence-corrected chi connectivity index (χ4v) is 3.50. The van der Waals surface area contributed by atoms with Crippen LogP contribution in [0.3, 0.4) is 0 Å². The topological polar surface area (TPSA) is 51.2 Å². The number of nitrogens with one attached hydrogen (secondary N) is 1. The van der Waals surface area contributed by atoms with E-state index in [1.807, 2.05) is 31.2 Å². The van der Waals surface area contributed by atoms with Gasteiger partial charge in [0.1, 0.15) is 0 Å². The summed E-state index contributed by atoms with van der Waals surface area (Å²) in [6.45, 7) is 2.50. The molecule has 0 aliphatic carbocycles. The highest BCUT2D eigenvalue weighted by atomic mass is 32.2. The Hall–Kier alpha value is -1.37. The minimum absolute atomic E-state index is 0.0329. The molecule has 1 N–H and O–H groups in total. The number of ether oxygens (including phenoxy) is 1. The molecule has 1 aromatic heterocycles. The first-order chi connectivity index (χ1) is 10.7. The first-order valence-corrected chi connectivity index (χ1v) is 9.08. The molecule has 2 aromatic rings. The molecule has 0 aliphatic heterocycles. The molecule has 22 heavy (non-hydrogen) atoms. The number of methoxy groups -OCH3 is 1. The van der Waals surface area contributed by atoms with Crippen molar-refractivity contribution in [3.8, 4) is 0 Å². The van der Waals surface area contributed by atoms with Gasteiger partial charge in [-0.15, -0.1) is 11.3 Å². The van der Waals surface area contributed by atoms with Crippen LogP contribution in [0.2, 0.25) is 0 Å². The third-order valence-electron chi connectivity index (χ3n) is 2.98. The number of aryl methyl sites for hydroxylation is 1. The van der Waals surface area contributed by atoms with Crippen molar-refractivity contribution in [3.05, 3.63) is 45.9 Å². The van der Waals surface area contributed by atoms with E-state index < -0.39 is 0 Å². The number of benzene rings is 1. The first kappa shape index (κ1) is 17.0. The first-order valence-electron chi connectivity index (χ1n) is 7.04. The zero-order valence-corrected chi connectivity index (χ0v) is 14.4. The van der Waals surface area contributed by atoms with Crippen molar-refractivity contribution >= 4 is 34.7 Å². The van der Waals surface area contributed by atoms with Crippen molar-refractivity contribution < 1.29 is 9.53 Å². The van der Waals surface area contributed by atoms with E-state index in [9.17, 15) is 4.79 Å². The van der Waals surface area contributed by atoms with Crippen LogP contribution in [0.25, 0.3) is 0 Å². The van der Waals surface area contributed by atoms with Crippen molar-refractivity contribution in [2.75, 3.05) is 18.2 Å². The Bertz CT molecular complexity index is 614. The Balaban J connectivity index is 1.74. The van der Waals surface area contributed by atoms with E-state index in [0.29, 0.717) is 13.0 Å². The standard InChI is InChI=1S/C16H20N2O2S2/c1-12-17-14(11-22-12)10-21-8-7-16(19)18-15-6-4-3-5-13(15)9-20-2/h3-6,11H,7-10H2,1-2H3,(H,18,19). The van der Waals surface area contributed by atoms with Gasteiger partial charge in [0.05, 0.1) is 17.3 Å². The lowest BCUT2D eigenvalue weighted by molar-refractivity contribution is -0.115. The van der Waals surface area contributed by atoms with Gasteiger partial charge in [-0.3, -0.25) is 4.79 Å². The summed E-state index contributed by atoms with van der Waals surface area (Å²) in [6, 6.07) is 7.71. The summed E-state index contributed by atoms with van der Waals surface area (Å²) >= 11 is 3.39. The van der Waals surface area contributed by atoms with E-state index in [0.717, 1.165) is 33.5 Å². The van der Waals surface area contributed by atoms with E-state index in [4.69, 9.17) is 4.74 Å². The van der Waals surface area contributed by atoms with Gasteiger partial charge >= 0.3 is 0 Å². The lowest BCUT2D eigenvalue weighted by Crippen LogP contribution is -2.13. The van der Waals surface area contributed by atoms with Crippen LogP contribution in [-0.2, 0) is 21.9 Å². The van der Waals surface area contributed by atoms with Crippen LogP contribution >= 0.6 is 23.1 Å². The van der Waals surface area contributed by atoms with Crippen LogP contribution in [0.15, 0.2) is 29.6 Å². The number of nitrogens with zero attached hydrogens (tertiary/aromatic N) is 1. The molecule has 4 nitrogen and oxygen atoms in total. The van der Waals surface area contributed by atoms with Crippen LogP contribution in [-0.4, -0.2) is 23.8 Å². The van der Waals surface area contributed by atoms with Crippen LogP contribution in [0.4, 0.5) is 5.69 Å². The van der Waals surface area contributed by atoms with Gasteiger partial charge in [-0.1, -0.05) is 18.2 Å². The number of aromatic nitrogens is 1. The molecule has 6 heteroatoms. The number of rotatable bonds is 8. The Kier molecular flexibility index (Phi) is 6.89. The summed E-state index contributed by atoms with van der Waals surface area (Å²) in [4.78, 5) is 16.4. The van der Waals surface area contributed by atoms with Crippen molar-refractivity contribution in [1.82, 2.24) is 4.98 Å². The van der Waals surface area contributed by atoms with Gasteiger partial charge in [0.2, 0.25) is 5.91 Å². The minimum atomic E-state index is 0.0329. The number of anilines is 1. The summed E-state index contributed by atoms with van der Waals surface area (Å²) < 4.78 is 5.14. The number of thioether (sulfide) groups is 1. The predicted octanol–water partition coefficient (Wildman–Crippen LogP) is 3.86. The van der Waals surface area contributed by atoms with E-state index in [-0.39, 0.29) is 5.91 Å². The van der Waals surface area contributed by atoms with Crippen molar-refractivity contribution in [3.63, 3.8) is 0 Å². The second-order valence-corrected chi connectivity index (χ2v) is 6.97. The molecule has 0 atom stereocenters. The number of para-hydroxylation sites is 1. The highest BCUT2D eigenvalue weighted by Crippen LogP contribution is 2.18. The maximum atomic E-state index is 12.0. The largest absolute Gasteiger partial charge is 0.380 e. The molecule has 0 saturated heterocycles. The predicted molar refractivity (Wildman–Crippen MR) is 93.4 cm³/mol. The van der Waals surface area contributed by atoms with Gasteiger partial charge in [0.25, 0.3) is 0 Å². The Morgan fingerprint density at radius 1 is 1.41 bits per heavy atom. The summed E-state index contributed by atoms with van der Waals surface area (Å²) in [5.74, 6) is 1.68. The van der Waals surface area contributed by atoms with Gasteiger partial charge in [0, 0.05) is 41.7 Å². The van der Waals surface area contributed by atoms with Gasteiger partial charge in [-0.25, -0.2) is 4.98 Å². The van der Waals surface area contributed by atoms with Gasteiger partial charge in [-0.2, -0.15) is 11.8 Å². The quantitative estimate of drug-likeness (QED) is 0.744. The molecule has 0 fully saturated rings. The molecule has 0 saturated carbocycles. The fraction of sp³-hybridized carbons (Fsp3) is 0.375. The van der Waals surface area contributed by atoms with Crippen LogP contribution < -0.4 is 5.32 Å². The molecular formula is C16H20N2O2S2. The van der Waals surface area contributed by atoms with Gasteiger partial charge in [0.15, 0.2) is 0 Å². The summed E-state index contributed by atoms with van der Waals surface area (Å²) in [5, 5.41) is 6.11. The van der Waals surface area contributed by atoms with Crippen molar-refractivity contribution in [2.24, 2.45) is 0 Å². The average molecular weight is 336 g/mol. The average Bonchev–Trinajstić information content (AvgIpc) is 2.92. The second kappa shape index (κ2) is 8.92. The SMILES string of the molecule is COCc1ccccc1NC(=O)CCSCc1csc(C)n1. The fourth-order valence-electron chi connectivity index (χ4n) is 1.95. The Labute approximate surface area is 139 Å². The van der Waals surface area contributed by atoms with Crippen LogP contribution in [0, 0.1) is 6.92 Å². The summed E-state index contributed by atoms with van der Waals surface area (Å²) in [7, 11) is 1.65. The van der Waals surface area contributed by atoms with Crippen LogP contribution in [0.5, 0.6) is 0 Å². The molecule has 0 unspecified atom stereocenters. The van der Waals surface area contributed by atoms with Gasteiger partial charge in [-0.05, 0) is 13.0 Å². The molecule has 0 bridgehead atoms. The molecule has 118 valence electrons. The molecule has 1 amide bonds. The third kappa shape index (κ3) is 5.44. The summed E-state index contributed by atoms with van der Waals surface area (Å²) in [5.41, 5.74) is 2.91. The molecule has 0 aliphatic rings. The van der Waals surface area contributed by atoms with Crippen molar-refractivity contribution in [2.45, 2.75) is 25.7 Å². The van der Waals surface area contributed by atoms with E-state index >= 15 is 0 Å². The molecule has 0 spiro atoms. The van der Waals surface area contributed by atoms with Crippen molar-refractivity contribution in [1.29, 1.82) is 0 Å². The third-order valence-corrected chi connectivity index (χ3v) is 4.80. The van der Waals surface area contributed by atoms with Gasteiger partial charge < -0.3 is 10.1 Å². The maximum absolute atomic E-state index is 12.0. The lowest BCUT2D eigenvalue weighted by Gasteiger charge is -2.10. The zero-order chi connectivity index (χ0) is 15.8. The monoisotopic (exact) mass is 336 g/mol. The maximum Gasteiger partial charge on any atom is 0.225 e. The Morgan fingerprint density at radius 3 is 2.95 bits per heavy atom. The number of hydrogen-bond acceptors (Lipinski definition) is 5. The zero-order valence-electron chi connectivity index (χ0n) is 12.8. The number of thiazole rings is 1. The molecule has 2 rings (SSSR count). The number of carbonyl (C=O) groups is 1. The molecular weight excluding hydrogens is 316 g/mol. The summed E-state index contributed by atoms with van der Waals surface area (Å²) in [6.07, 6.45) is 0.495. The van der Waals surface area contributed by atoms with E-state index in [2.05, 4.69) is 15.7 Å². The number of amides is 1. The molecule has 1 aromatic carbocycles. The Morgan fingerprint density at radius 2 is 2.23 bits per heavy atom. The number of hydrogen-bond donors (Lipinski definition) is 1. The smallest absolute Gasteiger partial charge is 0.225 e. The normalized spacial score (nSPS) is 10.6. The number of carbonyl (C=O) groups excluding carboxylic acids is 1. The minimum Gasteiger partial charge on any atom is -0.380 e. The second-order valence-electron chi connectivity index (χ2n) is 4.80. The van der Waals surface area contributed by atoms with E-state index in [1.165, 1.54) is 0 Å². The highest BCUT2D eigenvalue weighted by molar-refractivity contribution is 7.98. The molecule has 0 radical (unpaired) electrons. The van der Waals surface area contributed by atoms with Crippen LogP contribution in [0.1, 0.15) is 22.7 Å². The lowest BCUT2D eigenvalue weighted by atomic mass is 10.2. The molecule has 1 heterocycles. The highest BCUT2D eigenvalue weighted by Gasteiger charge is 2.07.